The summed E-state index contributed by atoms with van der Waals surface area (Å²) in [5, 5.41) is 3.46. The second-order valence-electron chi connectivity index (χ2n) is 6.96. The van der Waals surface area contributed by atoms with Crippen molar-refractivity contribution in [3.63, 3.8) is 0 Å². The number of hydrogen-bond donors (Lipinski definition) is 1. The largest absolute Gasteiger partial charge is 0.457 e. The summed E-state index contributed by atoms with van der Waals surface area (Å²) in [6.45, 7) is 4.52. The lowest BCUT2D eigenvalue weighted by molar-refractivity contribution is 0.160. The SMILES string of the molecule is Cl.Cl.c1ccc(Oc2ccc([C@@H](CC3CC3)N3CCNCC3)cc2)cc1. The highest BCUT2D eigenvalue weighted by molar-refractivity contribution is 5.85. The van der Waals surface area contributed by atoms with Crippen molar-refractivity contribution in [3.8, 4) is 11.5 Å². The van der Waals surface area contributed by atoms with Crippen LogP contribution in [0.2, 0.25) is 0 Å². The first kappa shape index (κ1) is 21.0. The van der Waals surface area contributed by atoms with Crippen LogP contribution in [0.4, 0.5) is 0 Å². The van der Waals surface area contributed by atoms with E-state index in [4.69, 9.17) is 4.74 Å². The molecule has 1 saturated carbocycles. The van der Waals surface area contributed by atoms with E-state index in [-0.39, 0.29) is 24.8 Å². The van der Waals surface area contributed by atoms with Gasteiger partial charge in [0.05, 0.1) is 0 Å². The molecule has 0 unspecified atom stereocenters. The van der Waals surface area contributed by atoms with Gasteiger partial charge in [0.15, 0.2) is 0 Å². The van der Waals surface area contributed by atoms with Gasteiger partial charge in [-0.05, 0) is 42.2 Å². The van der Waals surface area contributed by atoms with Crippen LogP contribution in [0.5, 0.6) is 11.5 Å². The minimum absolute atomic E-state index is 0. The molecule has 2 aromatic rings. The second-order valence-corrected chi connectivity index (χ2v) is 6.96. The molecule has 0 bridgehead atoms. The Morgan fingerprint density at radius 1 is 0.885 bits per heavy atom. The van der Waals surface area contributed by atoms with E-state index < -0.39 is 0 Å². The standard InChI is InChI=1S/C21H26N2O.2ClH/c1-2-4-19(5-3-1)24-20-10-8-18(9-11-20)21(16-17-6-7-17)23-14-12-22-13-15-23;;/h1-5,8-11,17,21-22H,6-7,12-16H2;2*1H/t21-;;/m1../s1. The molecule has 1 N–H and O–H groups in total. The third kappa shape index (κ3) is 5.62. The van der Waals surface area contributed by atoms with Gasteiger partial charge in [0.25, 0.3) is 0 Å². The first-order chi connectivity index (χ1) is 11.9. The number of nitrogens with one attached hydrogen (secondary N) is 1. The van der Waals surface area contributed by atoms with Crippen molar-refractivity contribution >= 4 is 24.8 Å². The van der Waals surface area contributed by atoms with Gasteiger partial charge in [0.1, 0.15) is 11.5 Å². The summed E-state index contributed by atoms with van der Waals surface area (Å²) in [5.74, 6) is 2.74. The molecule has 26 heavy (non-hydrogen) atoms. The fraction of sp³-hybridized carbons (Fsp3) is 0.429. The van der Waals surface area contributed by atoms with Crippen LogP contribution >= 0.6 is 24.8 Å². The van der Waals surface area contributed by atoms with Gasteiger partial charge >= 0.3 is 0 Å². The fourth-order valence-corrected chi connectivity index (χ4v) is 3.54. The quantitative estimate of drug-likeness (QED) is 0.739. The van der Waals surface area contributed by atoms with E-state index >= 15 is 0 Å². The Morgan fingerprint density at radius 3 is 2.12 bits per heavy atom. The van der Waals surface area contributed by atoms with Gasteiger partial charge in [-0.15, -0.1) is 24.8 Å². The summed E-state index contributed by atoms with van der Waals surface area (Å²) < 4.78 is 5.93. The highest BCUT2D eigenvalue weighted by Crippen LogP contribution is 2.40. The summed E-state index contributed by atoms with van der Waals surface area (Å²) in [6, 6.07) is 19.3. The molecule has 4 rings (SSSR count). The van der Waals surface area contributed by atoms with Crippen LogP contribution in [0, 0.1) is 5.92 Å². The normalized spacial score (nSPS) is 18.3. The molecule has 1 heterocycles. The van der Waals surface area contributed by atoms with Crippen molar-refractivity contribution < 1.29 is 4.74 Å². The molecule has 0 amide bonds. The Morgan fingerprint density at radius 2 is 1.50 bits per heavy atom. The predicted molar refractivity (Wildman–Crippen MR) is 112 cm³/mol. The molecule has 1 aliphatic carbocycles. The van der Waals surface area contributed by atoms with Gasteiger partial charge < -0.3 is 10.1 Å². The predicted octanol–water partition coefficient (Wildman–Crippen LogP) is 5.07. The Bertz CT molecular complexity index is 641. The molecule has 2 fully saturated rings. The van der Waals surface area contributed by atoms with E-state index in [0.717, 1.165) is 43.6 Å². The number of para-hydroxylation sites is 1. The van der Waals surface area contributed by atoms with Crippen molar-refractivity contribution in [2.75, 3.05) is 26.2 Å². The lowest BCUT2D eigenvalue weighted by Gasteiger charge is -2.35. The smallest absolute Gasteiger partial charge is 0.127 e. The zero-order chi connectivity index (χ0) is 16.2. The molecule has 5 heteroatoms. The maximum atomic E-state index is 5.93. The van der Waals surface area contributed by atoms with Crippen molar-refractivity contribution in [3.05, 3.63) is 60.2 Å². The highest BCUT2D eigenvalue weighted by atomic mass is 35.5. The van der Waals surface area contributed by atoms with Crippen molar-refractivity contribution in [1.29, 1.82) is 0 Å². The first-order valence-electron chi connectivity index (χ1n) is 9.16. The molecular weight excluding hydrogens is 367 g/mol. The Kier molecular flexibility index (Phi) is 8.23. The minimum atomic E-state index is 0. The van der Waals surface area contributed by atoms with E-state index in [1.165, 1.54) is 24.8 Å². The Balaban J connectivity index is 0.00000121. The van der Waals surface area contributed by atoms with Crippen molar-refractivity contribution in [2.24, 2.45) is 5.92 Å². The van der Waals surface area contributed by atoms with Gasteiger partial charge in [-0.2, -0.15) is 0 Å². The van der Waals surface area contributed by atoms with Crippen LogP contribution in [0.15, 0.2) is 54.6 Å². The molecule has 142 valence electrons. The van der Waals surface area contributed by atoms with E-state index in [1.54, 1.807) is 0 Å². The molecule has 0 radical (unpaired) electrons. The Labute approximate surface area is 168 Å². The molecule has 1 atom stereocenters. The zero-order valence-corrected chi connectivity index (χ0v) is 16.6. The second kappa shape index (κ2) is 10.2. The average molecular weight is 395 g/mol. The Hall–Kier alpha value is -1.26. The average Bonchev–Trinajstić information content (AvgIpc) is 3.46. The molecule has 1 saturated heterocycles. The van der Waals surface area contributed by atoms with Crippen LogP contribution in [0.3, 0.4) is 0 Å². The summed E-state index contributed by atoms with van der Waals surface area (Å²) in [4.78, 5) is 2.65. The monoisotopic (exact) mass is 394 g/mol. The van der Waals surface area contributed by atoms with Gasteiger partial charge in [0, 0.05) is 32.2 Å². The summed E-state index contributed by atoms with van der Waals surface area (Å²) in [7, 11) is 0. The van der Waals surface area contributed by atoms with Crippen LogP contribution in [0.1, 0.15) is 30.9 Å². The third-order valence-corrected chi connectivity index (χ3v) is 5.09. The molecule has 2 aromatic carbocycles. The van der Waals surface area contributed by atoms with Crippen LogP contribution in [-0.2, 0) is 0 Å². The summed E-state index contributed by atoms with van der Waals surface area (Å²) in [5.41, 5.74) is 1.43. The highest BCUT2D eigenvalue weighted by Gasteiger charge is 2.30. The molecule has 2 aliphatic rings. The van der Waals surface area contributed by atoms with Crippen LogP contribution in [-0.4, -0.2) is 31.1 Å². The number of rotatable bonds is 6. The van der Waals surface area contributed by atoms with Crippen molar-refractivity contribution in [1.82, 2.24) is 10.2 Å². The number of hydrogen-bond acceptors (Lipinski definition) is 3. The topological polar surface area (TPSA) is 24.5 Å². The van der Waals surface area contributed by atoms with Crippen LogP contribution in [0.25, 0.3) is 0 Å². The molecule has 1 aliphatic heterocycles. The van der Waals surface area contributed by atoms with Gasteiger partial charge in [0.2, 0.25) is 0 Å². The molecule has 3 nitrogen and oxygen atoms in total. The number of ether oxygens (including phenoxy) is 1. The van der Waals surface area contributed by atoms with E-state index in [0.29, 0.717) is 6.04 Å². The summed E-state index contributed by atoms with van der Waals surface area (Å²) in [6.07, 6.45) is 4.13. The summed E-state index contributed by atoms with van der Waals surface area (Å²) >= 11 is 0. The lowest BCUT2D eigenvalue weighted by Crippen LogP contribution is -2.45. The maximum absolute atomic E-state index is 5.93. The maximum Gasteiger partial charge on any atom is 0.127 e. The number of piperazine rings is 1. The molecule has 0 aromatic heterocycles. The van der Waals surface area contributed by atoms with Gasteiger partial charge in [-0.3, -0.25) is 4.90 Å². The fourth-order valence-electron chi connectivity index (χ4n) is 3.54. The number of halogens is 2. The van der Waals surface area contributed by atoms with Crippen molar-refractivity contribution in [2.45, 2.75) is 25.3 Å². The van der Waals surface area contributed by atoms with Gasteiger partial charge in [-0.1, -0.05) is 43.2 Å². The minimum Gasteiger partial charge on any atom is -0.457 e. The molecule has 0 spiro atoms. The van der Waals surface area contributed by atoms with Crippen LogP contribution < -0.4 is 10.1 Å². The van der Waals surface area contributed by atoms with Gasteiger partial charge in [-0.25, -0.2) is 0 Å². The third-order valence-electron chi connectivity index (χ3n) is 5.09. The zero-order valence-electron chi connectivity index (χ0n) is 15.0. The first-order valence-corrected chi connectivity index (χ1v) is 9.16. The number of benzene rings is 2. The molecular formula is C21H28Cl2N2O. The van der Waals surface area contributed by atoms with E-state index in [1.807, 2.05) is 30.3 Å². The van der Waals surface area contributed by atoms with E-state index in [9.17, 15) is 0 Å². The van der Waals surface area contributed by atoms with E-state index in [2.05, 4.69) is 34.5 Å². The lowest BCUT2D eigenvalue weighted by atomic mass is 9.98. The number of nitrogens with zero attached hydrogens (tertiary/aromatic N) is 1.